The molecule has 0 atom stereocenters. The Labute approximate surface area is 231 Å². The second kappa shape index (κ2) is 19.6. The third-order valence-corrected chi connectivity index (χ3v) is 6.18. The number of ketones is 1. The van der Waals surface area contributed by atoms with Crippen molar-refractivity contribution < 1.29 is 14.3 Å². The lowest BCUT2D eigenvalue weighted by Gasteiger charge is -2.21. The molecule has 0 radical (unpaired) electrons. The summed E-state index contributed by atoms with van der Waals surface area (Å²) in [4.78, 5) is 15.5. The van der Waals surface area contributed by atoms with Crippen LogP contribution in [0.2, 0.25) is 0 Å². The number of carbonyl (C=O) groups excluding carboxylic acids is 1. The first-order valence-corrected chi connectivity index (χ1v) is 13.7. The number of allylic oxidation sites excluding steroid dienone is 2. The molecule has 2 rings (SSSR count). The van der Waals surface area contributed by atoms with E-state index in [9.17, 15) is 4.79 Å². The molecule has 2 aromatic carbocycles. The molecule has 0 unspecified atom stereocenters. The molecule has 6 heteroatoms. The van der Waals surface area contributed by atoms with Crippen molar-refractivity contribution in [2.24, 2.45) is 0 Å². The number of ether oxygens (including phenoxy) is 2. The summed E-state index contributed by atoms with van der Waals surface area (Å²) < 4.78 is 11.2. The fraction of sp³-hybridized carbons (Fsp3) is 0.516. The number of methoxy groups -OCH3 is 1. The smallest absolute Gasteiger partial charge is 0.187 e. The van der Waals surface area contributed by atoms with Gasteiger partial charge in [0.2, 0.25) is 0 Å². The molecule has 0 aliphatic rings. The third kappa shape index (κ3) is 13.0. The molecular weight excluding hydrogens is 484 g/mol. The van der Waals surface area contributed by atoms with Crippen LogP contribution in [0.5, 0.6) is 11.5 Å². The molecular formula is C31H47ClN2O3. The van der Waals surface area contributed by atoms with Crippen LogP contribution in [-0.2, 0) is 0 Å². The Morgan fingerprint density at radius 3 is 1.95 bits per heavy atom. The quantitative estimate of drug-likeness (QED) is 0.113. The average Bonchev–Trinajstić information content (AvgIpc) is 2.91. The topological polar surface area (TPSA) is 50.8 Å². The van der Waals surface area contributed by atoms with Crippen molar-refractivity contribution >= 4 is 23.9 Å². The second-order valence-corrected chi connectivity index (χ2v) is 9.27. The Morgan fingerprint density at radius 1 is 0.811 bits per heavy atom. The zero-order valence-electron chi connectivity index (χ0n) is 23.3. The minimum Gasteiger partial charge on any atom is -0.497 e. The van der Waals surface area contributed by atoms with Gasteiger partial charge in [0.05, 0.1) is 13.7 Å². The van der Waals surface area contributed by atoms with Crippen LogP contribution < -0.4 is 14.8 Å². The van der Waals surface area contributed by atoms with Crippen molar-refractivity contribution in [1.82, 2.24) is 4.90 Å². The number of unbranched alkanes of at least 4 members (excludes halogenated alkanes) is 3. The van der Waals surface area contributed by atoms with Gasteiger partial charge in [-0.25, -0.2) is 0 Å². The molecule has 0 heterocycles. The highest BCUT2D eigenvalue weighted by Gasteiger charge is 2.08. The van der Waals surface area contributed by atoms with Gasteiger partial charge >= 0.3 is 0 Å². The van der Waals surface area contributed by atoms with E-state index in [2.05, 4.69) is 31.0 Å². The summed E-state index contributed by atoms with van der Waals surface area (Å²) in [6, 6.07) is 15.2. The summed E-state index contributed by atoms with van der Waals surface area (Å²) in [7, 11) is 1.65. The zero-order chi connectivity index (χ0) is 26.0. The lowest BCUT2D eigenvalue weighted by molar-refractivity contribution is 0.104. The zero-order valence-corrected chi connectivity index (χ0v) is 24.1. The number of halogens is 1. The average molecular weight is 531 g/mol. The molecule has 0 spiro atoms. The largest absolute Gasteiger partial charge is 0.497 e. The molecule has 5 nitrogen and oxygen atoms in total. The molecule has 0 saturated heterocycles. The molecule has 1 N–H and O–H groups in total. The fourth-order valence-corrected chi connectivity index (χ4v) is 3.93. The number of nitrogens with one attached hydrogen (secondary N) is 1. The molecule has 0 aliphatic heterocycles. The lowest BCUT2D eigenvalue weighted by atomic mass is 10.1. The van der Waals surface area contributed by atoms with E-state index in [1.165, 1.54) is 38.8 Å². The van der Waals surface area contributed by atoms with Crippen LogP contribution in [0.4, 0.5) is 5.69 Å². The van der Waals surface area contributed by atoms with Crippen molar-refractivity contribution in [2.75, 3.05) is 38.7 Å². The number of anilines is 1. The monoisotopic (exact) mass is 530 g/mol. The van der Waals surface area contributed by atoms with Crippen LogP contribution in [-0.4, -0.2) is 44.0 Å². The summed E-state index contributed by atoms with van der Waals surface area (Å²) in [5.41, 5.74) is 2.53. The van der Waals surface area contributed by atoms with Crippen molar-refractivity contribution in [3.8, 4) is 11.5 Å². The van der Waals surface area contributed by atoms with E-state index in [1.807, 2.05) is 48.5 Å². The van der Waals surface area contributed by atoms with Gasteiger partial charge in [0.15, 0.2) is 5.78 Å². The number of rotatable bonds is 19. The van der Waals surface area contributed by atoms with E-state index >= 15 is 0 Å². The van der Waals surface area contributed by atoms with Crippen molar-refractivity contribution in [2.45, 2.75) is 72.1 Å². The van der Waals surface area contributed by atoms with E-state index in [4.69, 9.17) is 9.47 Å². The predicted molar refractivity (Wildman–Crippen MR) is 159 cm³/mol. The van der Waals surface area contributed by atoms with Crippen LogP contribution in [0.1, 0.15) is 82.5 Å². The highest BCUT2D eigenvalue weighted by Crippen LogP contribution is 2.20. The van der Waals surface area contributed by atoms with Crippen LogP contribution >= 0.6 is 12.4 Å². The highest BCUT2D eigenvalue weighted by atomic mass is 35.5. The molecule has 0 amide bonds. The maximum absolute atomic E-state index is 12.9. The highest BCUT2D eigenvalue weighted by molar-refractivity contribution is 6.05. The molecule has 2 aromatic rings. The van der Waals surface area contributed by atoms with Gasteiger partial charge < -0.3 is 19.7 Å². The Hall–Kier alpha value is -2.50. The Bertz CT molecular complexity index is 890. The van der Waals surface area contributed by atoms with Crippen molar-refractivity contribution in [3.63, 3.8) is 0 Å². The van der Waals surface area contributed by atoms with Gasteiger partial charge in [0, 0.05) is 29.6 Å². The Kier molecular flexibility index (Phi) is 17.2. The van der Waals surface area contributed by atoms with Crippen LogP contribution in [0.25, 0.3) is 0 Å². The summed E-state index contributed by atoms with van der Waals surface area (Å²) in [5, 5.41) is 3.40. The van der Waals surface area contributed by atoms with Gasteiger partial charge in [-0.2, -0.15) is 0 Å². The maximum Gasteiger partial charge on any atom is 0.187 e. The standard InChI is InChI=1S/C31H46N2O3.ClH/c1-5-8-12-28(32-27-15-19-29(35-4)20-16-27)25-31(34)26-13-17-30(18-14-26)36-24-11-23-33(21-9-6-2)22-10-7-3;/h13-20,25,32H,5-12,21-24H2,1-4H3;1H/b28-25-;. The number of hydrogen-bond acceptors (Lipinski definition) is 5. The first kappa shape index (κ1) is 32.5. The summed E-state index contributed by atoms with van der Waals surface area (Å²) in [6.07, 6.45) is 10.6. The number of carbonyl (C=O) groups is 1. The summed E-state index contributed by atoms with van der Waals surface area (Å²) >= 11 is 0. The van der Waals surface area contributed by atoms with Crippen molar-refractivity contribution in [3.05, 3.63) is 65.9 Å². The minimum atomic E-state index is -0.00356. The van der Waals surface area contributed by atoms with E-state index in [-0.39, 0.29) is 18.2 Å². The van der Waals surface area contributed by atoms with E-state index in [0.717, 1.165) is 55.1 Å². The van der Waals surface area contributed by atoms with Gasteiger partial charge in [-0.3, -0.25) is 4.79 Å². The fourth-order valence-electron chi connectivity index (χ4n) is 3.93. The molecule has 0 aromatic heterocycles. The minimum absolute atomic E-state index is 0. The van der Waals surface area contributed by atoms with E-state index in [0.29, 0.717) is 12.2 Å². The molecule has 0 aliphatic carbocycles. The van der Waals surface area contributed by atoms with Crippen LogP contribution in [0, 0.1) is 0 Å². The predicted octanol–water partition coefficient (Wildman–Crippen LogP) is 8.16. The van der Waals surface area contributed by atoms with E-state index in [1.54, 1.807) is 13.2 Å². The summed E-state index contributed by atoms with van der Waals surface area (Å²) in [5.74, 6) is 1.62. The number of nitrogens with zero attached hydrogens (tertiary/aromatic N) is 1. The molecule has 0 bridgehead atoms. The third-order valence-electron chi connectivity index (χ3n) is 6.18. The normalized spacial score (nSPS) is 11.2. The lowest BCUT2D eigenvalue weighted by Crippen LogP contribution is -2.28. The number of benzene rings is 2. The first-order chi connectivity index (χ1) is 17.6. The van der Waals surface area contributed by atoms with E-state index < -0.39 is 0 Å². The van der Waals surface area contributed by atoms with Gasteiger partial charge in [-0.05, 0) is 93.7 Å². The molecule has 0 fully saturated rings. The maximum atomic E-state index is 12.9. The van der Waals surface area contributed by atoms with Crippen LogP contribution in [0.15, 0.2) is 60.3 Å². The Morgan fingerprint density at radius 2 is 1.38 bits per heavy atom. The van der Waals surface area contributed by atoms with Gasteiger partial charge in [0.25, 0.3) is 0 Å². The molecule has 206 valence electrons. The first-order valence-electron chi connectivity index (χ1n) is 13.7. The van der Waals surface area contributed by atoms with Gasteiger partial charge in [-0.15, -0.1) is 12.4 Å². The Balaban J connectivity index is 0.00000684. The second-order valence-electron chi connectivity index (χ2n) is 9.27. The van der Waals surface area contributed by atoms with Crippen molar-refractivity contribution in [1.29, 1.82) is 0 Å². The van der Waals surface area contributed by atoms with Crippen LogP contribution in [0.3, 0.4) is 0 Å². The molecule has 0 saturated carbocycles. The van der Waals surface area contributed by atoms with Gasteiger partial charge in [-0.1, -0.05) is 40.0 Å². The summed E-state index contributed by atoms with van der Waals surface area (Å²) in [6.45, 7) is 10.8. The van der Waals surface area contributed by atoms with Gasteiger partial charge in [0.1, 0.15) is 11.5 Å². The number of hydrogen-bond donors (Lipinski definition) is 1. The molecule has 37 heavy (non-hydrogen) atoms. The SMILES string of the molecule is CCCC/C(=C/C(=O)c1ccc(OCCCN(CCCC)CCCC)cc1)Nc1ccc(OC)cc1.Cl.